The monoisotopic (exact) mass is 1370 g/mol. The highest BCUT2D eigenvalue weighted by Gasteiger charge is 2.72. The Bertz CT molecular complexity index is 2720. The van der Waals surface area contributed by atoms with Gasteiger partial charge >= 0.3 is 17.9 Å². The molecule has 10 aliphatic rings. The first-order chi connectivity index (χ1) is 44.5. The first-order valence-electron chi connectivity index (χ1n) is 33.2. The maximum atomic E-state index is 16.0. The highest BCUT2D eigenvalue weighted by atomic mass is 16.8. The van der Waals surface area contributed by atoms with E-state index in [1.165, 1.54) is 13.8 Å². The zero-order valence-electron chi connectivity index (χ0n) is 55.1. The number of aliphatic hydroxyl groups is 16. The van der Waals surface area contributed by atoms with E-state index in [-0.39, 0.29) is 36.7 Å². The van der Waals surface area contributed by atoms with Gasteiger partial charge in [0.2, 0.25) is 6.29 Å². The van der Waals surface area contributed by atoms with Crippen LogP contribution in [0.5, 0.6) is 0 Å². The van der Waals surface area contributed by atoms with Crippen LogP contribution in [0.25, 0.3) is 0 Å². The molecule has 31 heteroatoms. The van der Waals surface area contributed by atoms with E-state index >= 15 is 4.79 Å². The molecule has 4 saturated carbocycles. The second-order valence-corrected chi connectivity index (χ2v) is 30.3. The van der Waals surface area contributed by atoms with Crippen molar-refractivity contribution in [3.8, 4) is 0 Å². The Labute approximate surface area is 550 Å². The Kier molecular flexibility index (Phi) is 22.2. The number of aliphatic hydroxyl groups excluding tert-OH is 16. The van der Waals surface area contributed by atoms with Gasteiger partial charge in [-0.05, 0) is 104 Å². The van der Waals surface area contributed by atoms with Crippen LogP contribution in [0.4, 0.5) is 0 Å². The van der Waals surface area contributed by atoms with Gasteiger partial charge in [0.15, 0.2) is 31.3 Å². The number of hydrogen-bond donors (Lipinski definition) is 16. The Hall–Kier alpha value is -2.85. The van der Waals surface area contributed by atoms with Crippen LogP contribution in [0.1, 0.15) is 120 Å². The molecule has 31 nitrogen and oxygen atoms in total. The van der Waals surface area contributed by atoms with E-state index in [1.54, 1.807) is 0 Å². The molecule has 16 N–H and O–H groups in total. The maximum absolute atomic E-state index is 16.0. The molecular formula is C64H102O31. The highest BCUT2D eigenvalue weighted by Crippen LogP contribution is 2.76. The maximum Gasteiger partial charge on any atom is 0.315 e. The van der Waals surface area contributed by atoms with Gasteiger partial charge in [-0.3, -0.25) is 14.4 Å². The molecule has 5 aliphatic heterocycles. The van der Waals surface area contributed by atoms with Crippen molar-refractivity contribution in [3.63, 3.8) is 0 Å². The summed E-state index contributed by atoms with van der Waals surface area (Å²) in [7, 11) is 0. The van der Waals surface area contributed by atoms with Crippen molar-refractivity contribution in [1.29, 1.82) is 0 Å². The van der Waals surface area contributed by atoms with Gasteiger partial charge in [0.1, 0.15) is 116 Å². The number of allylic oxidation sites excluding steroid dienone is 2. The molecule has 0 bridgehead atoms. The van der Waals surface area contributed by atoms with E-state index in [2.05, 4.69) is 40.7 Å². The zero-order valence-corrected chi connectivity index (χ0v) is 55.1. The molecule has 0 aromatic rings. The molecule has 0 aromatic carbocycles. The summed E-state index contributed by atoms with van der Waals surface area (Å²) in [6.07, 6.45) is -41.3. The van der Waals surface area contributed by atoms with Crippen molar-refractivity contribution in [2.24, 2.45) is 50.2 Å². The van der Waals surface area contributed by atoms with E-state index in [4.69, 9.17) is 56.8 Å². The van der Waals surface area contributed by atoms with Crippen molar-refractivity contribution in [2.45, 2.75) is 286 Å². The largest absolute Gasteiger partial charge is 0.465 e. The predicted octanol–water partition coefficient (Wildman–Crippen LogP) is -4.10. The molecule has 0 spiro atoms. The highest BCUT2D eigenvalue weighted by molar-refractivity contribution is 5.79. The number of carbonyl (C=O) groups excluding carboxylic acids is 3. The van der Waals surface area contributed by atoms with Crippen LogP contribution in [0, 0.1) is 50.2 Å². The molecule has 5 heterocycles. The van der Waals surface area contributed by atoms with Crippen molar-refractivity contribution in [2.75, 3.05) is 33.0 Å². The summed E-state index contributed by atoms with van der Waals surface area (Å²) < 4.78 is 72.3. The Morgan fingerprint density at radius 2 is 1.00 bits per heavy atom. The lowest BCUT2D eigenvalue weighted by Gasteiger charge is -2.71. The fraction of sp³-hybridized carbons (Fsp3) is 0.922. The van der Waals surface area contributed by atoms with Crippen molar-refractivity contribution in [3.05, 3.63) is 11.6 Å². The third kappa shape index (κ3) is 13.2. The average molecular weight is 1370 g/mol. The van der Waals surface area contributed by atoms with Gasteiger partial charge in [0.05, 0.1) is 50.2 Å². The van der Waals surface area contributed by atoms with Crippen molar-refractivity contribution >= 4 is 17.9 Å². The van der Waals surface area contributed by atoms with E-state index in [0.29, 0.717) is 44.9 Å². The fourth-order valence-electron chi connectivity index (χ4n) is 18.5. The van der Waals surface area contributed by atoms with Crippen molar-refractivity contribution < 1.29 is 153 Å². The fourth-order valence-corrected chi connectivity index (χ4v) is 18.5. The minimum Gasteiger partial charge on any atom is -0.465 e. The normalized spacial score (nSPS) is 52.1. The number of carbonyl (C=O) groups is 3. The van der Waals surface area contributed by atoms with E-state index in [0.717, 1.165) is 12.5 Å². The SMILES string of the molecule is CC(=O)OC[C@H]1O[C@@H](OC(=O)[C@]23CCC(C)(C)C[C@H]2C2=CC[C@@H]4[C@@]5(C)C[C@H](O)[C@H](O[C@@H]6O[C@H](CO)[C@@H](O)[C@H](O[C@@H]7O[C@H](CO)[C@@H](O)[C@H](O)[C@H]7O)[C@H]6O)[C@@](C)(COC(C)=O)[C@@H]5CC[C@@]4(C)[C@]2(C)CC3)[C@H](O[C@@H]2O[C@@H](C)[C@H](O)[C@@H](O)[C@H]2O)[C@@H](O[C@@H]2O[C@H](CO)[C@@H](O)[C@H](O)[C@H]2O)[C@@H]1O. The van der Waals surface area contributed by atoms with Gasteiger partial charge in [-0.1, -0.05) is 53.2 Å². The molecule has 5 aliphatic carbocycles. The van der Waals surface area contributed by atoms with Crippen LogP contribution in [0.15, 0.2) is 11.6 Å². The quantitative estimate of drug-likeness (QED) is 0.0285. The number of hydrogen-bond acceptors (Lipinski definition) is 31. The molecule has 0 radical (unpaired) electrons. The van der Waals surface area contributed by atoms with Crippen LogP contribution >= 0.6 is 0 Å². The van der Waals surface area contributed by atoms with E-state index in [1.807, 2.05) is 6.92 Å². The number of ether oxygens (including phenoxy) is 12. The van der Waals surface area contributed by atoms with E-state index in [9.17, 15) is 91.3 Å². The predicted molar refractivity (Wildman–Crippen MR) is 316 cm³/mol. The summed E-state index contributed by atoms with van der Waals surface area (Å²) >= 11 is 0. The summed E-state index contributed by atoms with van der Waals surface area (Å²) in [5.74, 6) is -3.24. The van der Waals surface area contributed by atoms with Gasteiger partial charge in [-0.15, -0.1) is 0 Å². The van der Waals surface area contributed by atoms with Crippen molar-refractivity contribution in [1.82, 2.24) is 0 Å². The van der Waals surface area contributed by atoms with Gasteiger partial charge < -0.3 is 139 Å². The lowest BCUT2D eigenvalue weighted by atomic mass is 9.33. The summed E-state index contributed by atoms with van der Waals surface area (Å²) in [5, 5.41) is 176. The standard InChI is InChI=1S/C64H102O31/c1-25-37(71)42(76)45(79)53(86-25)93-51-50(92-55-47(81)44(78)39(73)32(21-66)88-55)41(75)34(23-84-26(2)68)90-57(51)95-58(83)64-16-14-59(4,5)18-29(64)28-10-11-36-60(6)19-30(70)52(61(7,24-85-27(3)69)35(60)12-13-63(36,9)62(28,8)15-17-64)94-56-48(82)49(40(74)33(22-67)89-56)91-54-46(80)43(77)38(72)31(20-65)87-54/h10,25,29-57,65-67,70-82H,11-24H2,1-9H3/t25-,29-,30-,31+,32+,33+,34+,35+,36+,37-,38+,39+,40+,41+,42+,43-,44-,45+,46+,47+,48+,49-,50-,51+,52-,53-,54-,55-,56-,57-,60-,61-,62+,63+,64-/m0/s1. The Balaban J connectivity index is 0.963. The van der Waals surface area contributed by atoms with Gasteiger partial charge in [-0.25, -0.2) is 0 Å². The summed E-state index contributed by atoms with van der Waals surface area (Å²) in [6, 6.07) is 0. The van der Waals surface area contributed by atoms with Gasteiger partial charge in [0.25, 0.3) is 0 Å². The van der Waals surface area contributed by atoms with E-state index < -0.39 is 243 Å². The first-order valence-corrected chi connectivity index (χ1v) is 33.2. The summed E-state index contributed by atoms with van der Waals surface area (Å²) in [5.41, 5.74) is -3.81. The minimum absolute atomic E-state index is 0.115. The molecule has 0 aromatic heterocycles. The summed E-state index contributed by atoms with van der Waals surface area (Å²) in [4.78, 5) is 41.2. The molecule has 0 amide bonds. The zero-order chi connectivity index (χ0) is 69.7. The minimum atomic E-state index is -2.04. The van der Waals surface area contributed by atoms with Crippen LogP contribution < -0.4 is 0 Å². The molecule has 10 rings (SSSR count). The lowest BCUT2D eigenvalue weighted by molar-refractivity contribution is -0.387. The average Bonchev–Trinajstić information content (AvgIpc) is 0.673. The van der Waals surface area contributed by atoms with Crippen LogP contribution in [-0.2, 0) is 71.2 Å². The second kappa shape index (κ2) is 28.2. The molecular weight excluding hydrogens is 1260 g/mol. The number of esters is 3. The smallest absolute Gasteiger partial charge is 0.315 e. The Morgan fingerprint density at radius 1 is 0.505 bits per heavy atom. The Morgan fingerprint density at radius 3 is 1.57 bits per heavy atom. The topological polar surface area (TPSA) is 486 Å². The lowest BCUT2D eigenvalue weighted by Crippen LogP contribution is -2.70. The molecule has 35 atom stereocenters. The number of rotatable bonds is 17. The molecule has 95 heavy (non-hydrogen) atoms. The third-order valence-corrected chi connectivity index (χ3v) is 24.1. The molecule has 0 unspecified atom stereocenters. The van der Waals surface area contributed by atoms with Crippen LogP contribution in [0.3, 0.4) is 0 Å². The van der Waals surface area contributed by atoms with Crippen LogP contribution in [0.2, 0.25) is 0 Å². The first kappa shape index (κ1) is 74.8. The molecule has 5 saturated heterocycles. The van der Waals surface area contributed by atoms with Crippen LogP contribution in [-0.4, -0.2) is 298 Å². The third-order valence-electron chi connectivity index (χ3n) is 24.1. The number of fused-ring (bicyclic) bond motifs is 7. The van der Waals surface area contributed by atoms with Gasteiger partial charge in [-0.2, -0.15) is 0 Å². The molecule has 9 fully saturated rings. The summed E-state index contributed by atoms with van der Waals surface area (Å²) in [6.45, 7) is 12.9. The molecule has 544 valence electrons. The second-order valence-electron chi connectivity index (χ2n) is 30.3. The van der Waals surface area contributed by atoms with Gasteiger partial charge in [0, 0.05) is 19.3 Å².